The van der Waals surface area contributed by atoms with Crippen molar-refractivity contribution < 1.29 is 14.6 Å². The lowest BCUT2D eigenvalue weighted by molar-refractivity contribution is 0.175. The van der Waals surface area contributed by atoms with E-state index in [4.69, 9.17) is 32.7 Å². The van der Waals surface area contributed by atoms with Crippen molar-refractivity contribution in [2.45, 2.75) is 18.4 Å². The molecule has 0 radical (unpaired) electrons. The Bertz CT molecular complexity index is 715. The summed E-state index contributed by atoms with van der Waals surface area (Å²) in [6.45, 7) is 0. The molecule has 2 aromatic rings. The maximum Gasteiger partial charge on any atom is 0.142 e. The zero-order valence-corrected chi connectivity index (χ0v) is 13.8. The van der Waals surface area contributed by atoms with E-state index >= 15 is 0 Å². The van der Waals surface area contributed by atoms with E-state index in [0.717, 1.165) is 22.4 Å². The third-order valence-corrected chi connectivity index (χ3v) is 4.93. The van der Waals surface area contributed by atoms with Crippen molar-refractivity contribution in [2.24, 2.45) is 0 Å². The van der Waals surface area contributed by atoms with Gasteiger partial charge in [-0.3, -0.25) is 0 Å². The average Bonchev–Trinajstić information content (AvgIpc) is 2.86. The first-order valence-corrected chi connectivity index (χ1v) is 7.70. The minimum Gasteiger partial charge on any atom is -0.497 e. The largest absolute Gasteiger partial charge is 0.497 e. The molecule has 5 heteroatoms. The lowest BCUT2D eigenvalue weighted by atomic mass is 9.92. The number of aliphatic hydroxyl groups excluding tert-OH is 1. The van der Waals surface area contributed by atoms with Crippen LogP contribution in [0.2, 0.25) is 10.0 Å². The molecule has 22 heavy (non-hydrogen) atoms. The van der Waals surface area contributed by atoms with Gasteiger partial charge in [0.2, 0.25) is 0 Å². The number of benzene rings is 2. The fourth-order valence-corrected chi connectivity index (χ4v) is 3.48. The number of ether oxygens (including phenoxy) is 2. The van der Waals surface area contributed by atoms with Crippen LogP contribution in [0.1, 0.15) is 35.1 Å². The van der Waals surface area contributed by atoms with Crippen molar-refractivity contribution >= 4 is 23.2 Å². The summed E-state index contributed by atoms with van der Waals surface area (Å²) in [5.41, 5.74) is 2.88. The molecule has 2 aromatic carbocycles. The Morgan fingerprint density at radius 1 is 1.00 bits per heavy atom. The van der Waals surface area contributed by atoms with Gasteiger partial charge in [-0.2, -0.15) is 0 Å². The predicted octanol–water partition coefficient (Wildman–Crippen LogP) is 4.58. The molecular weight excluding hydrogens is 323 g/mol. The summed E-state index contributed by atoms with van der Waals surface area (Å²) in [5.74, 6) is 1.32. The molecule has 0 bridgehead atoms. The van der Waals surface area contributed by atoms with Crippen molar-refractivity contribution in [2.75, 3.05) is 14.2 Å². The van der Waals surface area contributed by atoms with Crippen LogP contribution in [-0.2, 0) is 0 Å². The van der Waals surface area contributed by atoms with Gasteiger partial charge in [-0.1, -0.05) is 35.3 Å². The summed E-state index contributed by atoms with van der Waals surface area (Å²) in [6.07, 6.45) is 0.0471. The van der Waals surface area contributed by atoms with Gasteiger partial charge in [0.25, 0.3) is 0 Å². The summed E-state index contributed by atoms with van der Waals surface area (Å²) in [6, 6.07) is 9.42. The minimum atomic E-state index is -0.533. The smallest absolute Gasteiger partial charge is 0.142 e. The maximum atomic E-state index is 10.4. The van der Waals surface area contributed by atoms with Gasteiger partial charge in [0.05, 0.1) is 25.3 Å². The van der Waals surface area contributed by atoms with E-state index in [1.807, 2.05) is 24.3 Å². The lowest BCUT2D eigenvalue weighted by Gasteiger charge is -2.18. The van der Waals surface area contributed by atoms with Gasteiger partial charge < -0.3 is 14.6 Å². The molecular formula is C17H16Cl2O3. The van der Waals surface area contributed by atoms with Gasteiger partial charge in [0, 0.05) is 11.5 Å². The first kappa shape index (κ1) is 15.5. The molecule has 1 N–H and O–H groups in total. The van der Waals surface area contributed by atoms with Crippen LogP contribution in [0.15, 0.2) is 30.3 Å². The molecule has 0 saturated carbocycles. The Kier molecular flexibility index (Phi) is 4.22. The SMILES string of the molecule is COc1ccc2c(c1)[C@@H](O)C[C@H]2c1ccc(Cl)c(Cl)c1OC. The molecule has 0 amide bonds. The second kappa shape index (κ2) is 5.99. The second-order valence-electron chi connectivity index (χ2n) is 5.28. The van der Waals surface area contributed by atoms with Gasteiger partial charge in [0.1, 0.15) is 16.5 Å². The molecule has 0 heterocycles. The Morgan fingerprint density at radius 3 is 2.41 bits per heavy atom. The van der Waals surface area contributed by atoms with Crippen molar-refractivity contribution in [1.29, 1.82) is 0 Å². The fourth-order valence-electron chi connectivity index (χ4n) is 3.09. The Hall–Kier alpha value is -1.42. The van der Waals surface area contributed by atoms with E-state index in [9.17, 15) is 5.11 Å². The quantitative estimate of drug-likeness (QED) is 0.890. The molecule has 1 aliphatic carbocycles. The highest BCUT2D eigenvalue weighted by Gasteiger charge is 2.33. The molecule has 1 aliphatic rings. The summed E-state index contributed by atoms with van der Waals surface area (Å²) in [4.78, 5) is 0. The van der Waals surface area contributed by atoms with Gasteiger partial charge in [0.15, 0.2) is 0 Å². The standard InChI is InChI=1S/C17H16Cl2O3/c1-21-9-3-4-10-12(8-15(20)13(10)7-9)11-5-6-14(18)16(19)17(11)22-2/h3-7,12,15,20H,8H2,1-2H3/t12-,15+/m1/s1. The van der Waals surface area contributed by atoms with Crippen LogP contribution in [0.5, 0.6) is 11.5 Å². The normalized spacial score (nSPS) is 19.9. The number of hydrogen-bond acceptors (Lipinski definition) is 3. The molecule has 3 rings (SSSR count). The molecule has 0 spiro atoms. The van der Waals surface area contributed by atoms with Crippen LogP contribution in [-0.4, -0.2) is 19.3 Å². The van der Waals surface area contributed by atoms with Crippen LogP contribution in [0.25, 0.3) is 0 Å². The van der Waals surface area contributed by atoms with Crippen LogP contribution < -0.4 is 9.47 Å². The molecule has 116 valence electrons. The first-order chi connectivity index (χ1) is 10.6. The van der Waals surface area contributed by atoms with Gasteiger partial charge in [-0.05, 0) is 35.7 Å². The highest BCUT2D eigenvalue weighted by atomic mass is 35.5. The number of methoxy groups -OCH3 is 2. The molecule has 0 aliphatic heterocycles. The zero-order valence-electron chi connectivity index (χ0n) is 12.3. The van der Waals surface area contributed by atoms with E-state index in [2.05, 4.69) is 0 Å². The van der Waals surface area contributed by atoms with Crippen molar-refractivity contribution in [3.63, 3.8) is 0 Å². The predicted molar refractivity (Wildman–Crippen MR) is 87.4 cm³/mol. The monoisotopic (exact) mass is 338 g/mol. The summed E-state index contributed by atoms with van der Waals surface area (Å²) < 4.78 is 10.7. The summed E-state index contributed by atoms with van der Waals surface area (Å²) in [7, 11) is 3.18. The fraction of sp³-hybridized carbons (Fsp3) is 0.294. The van der Waals surface area contributed by atoms with Crippen LogP contribution in [0.3, 0.4) is 0 Å². The number of halogens is 2. The summed E-state index contributed by atoms with van der Waals surface area (Å²) in [5, 5.41) is 11.2. The number of hydrogen-bond donors (Lipinski definition) is 1. The summed E-state index contributed by atoms with van der Waals surface area (Å²) >= 11 is 12.3. The zero-order chi connectivity index (χ0) is 15.9. The number of fused-ring (bicyclic) bond motifs is 1. The third kappa shape index (κ3) is 2.43. The second-order valence-corrected chi connectivity index (χ2v) is 6.07. The van der Waals surface area contributed by atoms with E-state index in [0.29, 0.717) is 22.2 Å². The Morgan fingerprint density at radius 2 is 1.73 bits per heavy atom. The molecule has 0 saturated heterocycles. The van der Waals surface area contributed by atoms with E-state index in [-0.39, 0.29) is 5.92 Å². The van der Waals surface area contributed by atoms with E-state index < -0.39 is 6.10 Å². The Labute approximate surface area is 139 Å². The van der Waals surface area contributed by atoms with Crippen molar-refractivity contribution in [1.82, 2.24) is 0 Å². The highest BCUT2D eigenvalue weighted by Crippen LogP contribution is 2.49. The molecule has 3 nitrogen and oxygen atoms in total. The lowest BCUT2D eigenvalue weighted by Crippen LogP contribution is -2.01. The van der Waals surface area contributed by atoms with Crippen molar-refractivity contribution in [3.05, 3.63) is 57.1 Å². The van der Waals surface area contributed by atoms with Gasteiger partial charge >= 0.3 is 0 Å². The number of rotatable bonds is 3. The Balaban J connectivity index is 2.11. The van der Waals surface area contributed by atoms with Crippen LogP contribution in [0.4, 0.5) is 0 Å². The van der Waals surface area contributed by atoms with Gasteiger partial charge in [-0.15, -0.1) is 0 Å². The minimum absolute atomic E-state index is 0.0145. The average molecular weight is 339 g/mol. The topological polar surface area (TPSA) is 38.7 Å². The molecule has 2 atom stereocenters. The molecule has 0 aromatic heterocycles. The van der Waals surface area contributed by atoms with Crippen molar-refractivity contribution in [3.8, 4) is 11.5 Å². The number of aliphatic hydroxyl groups is 1. The molecule has 0 fully saturated rings. The first-order valence-electron chi connectivity index (χ1n) is 6.94. The van der Waals surface area contributed by atoms with Crippen LogP contribution >= 0.6 is 23.2 Å². The third-order valence-electron chi connectivity index (χ3n) is 4.15. The van der Waals surface area contributed by atoms with E-state index in [1.165, 1.54) is 0 Å². The van der Waals surface area contributed by atoms with Crippen LogP contribution in [0, 0.1) is 0 Å². The molecule has 0 unspecified atom stereocenters. The highest BCUT2D eigenvalue weighted by molar-refractivity contribution is 6.43. The van der Waals surface area contributed by atoms with E-state index in [1.54, 1.807) is 20.3 Å². The maximum absolute atomic E-state index is 10.4. The van der Waals surface area contributed by atoms with Gasteiger partial charge in [-0.25, -0.2) is 0 Å².